The first-order chi connectivity index (χ1) is 10.1. The standard InChI is InChI=1S/C17H27NO3/c1-13(2)18-17(11-19,15-7-8-15)12-21-16-6-4-5-14(9-16)10-20-3/h4-6,9,13,15,18-19H,7-8,10-12H2,1-3H3. The Bertz CT molecular complexity index is 445. The van der Waals surface area contributed by atoms with Gasteiger partial charge in [0.05, 0.1) is 18.8 Å². The summed E-state index contributed by atoms with van der Waals surface area (Å²) in [5, 5.41) is 13.4. The maximum absolute atomic E-state index is 9.89. The molecule has 0 saturated heterocycles. The van der Waals surface area contributed by atoms with Crippen LogP contribution in [0.3, 0.4) is 0 Å². The van der Waals surface area contributed by atoms with E-state index in [9.17, 15) is 5.11 Å². The molecule has 1 aromatic carbocycles. The molecule has 1 aliphatic rings. The van der Waals surface area contributed by atoms with Crippen LogP contribution in [0.4, 0.5) is 0 Å². The normalized spacial score (nSPS) is 17.8. The largest absolute Gasteiger partial charge is 0.492 e. The van der Waals surface area contributed by atoms with Crippen LogP contribution in [0, 0.1) is 5.92 Å². The Balaban J connectivity index is 2.02. The lowest BCUT2D eigenvalue weighted by molar-refractivity contribution is 0.0777. The Hall–Kier alpha value is -1.10. The number of nitrogens with one attached hydrogen (secondary N) is 1. The van der Waals surface area contributed by atoms with Gasteiger partial charge in [0, 0.05) is 13.2 Å². The second-order valence-electron chi connectivity index (χ2n) is 6.26. The van der Waals surface area contributed by atoms with E-state index in [4.69, 9.17) is 9.47 Å². The van der Waals surface area contributed by atoms with Gasteiger partial charge < -0.3 is 19.9 Å². The van der Waals surface area contributed by atoms with Gasteiger partial charge in [0.1, 0.15) is 12.4 Å². The highest BCUT2D eigenvalue weighted by molar-refractivity contribution is 5.28. The van der Waals surface area contributed by atoms with Crippen molar-refractivity contribution >= 4 is 0 Å². The predicted octanol–water partition coefficient (Wildman–Crippen LogP) is 2.35. The van der Waals surface area contributed by atoms with Crippen molar-refractivity contribution in [3.63, 3.8) is 0 Å². The maximum atomic E-state index is 9.89. The highest BCUT2D eigenvalue weighted by atomic mass is 16.5. The van der Waals surface area contributed by atoms with Crippen molar-refractivity contribution in [3.8, 4) is 5.75 Å². The van der Waals surface area contributed by atoms with Crippen molar-refractivity contribution in [1.82, 2.24) is 5.32 Å². The number of hydrogen-bond acceptors (Lipinski definition) is 4. The van der Waals surface area contributed by atoms with Gasteiger partial charge in [-0.1, -0.05) is 26.0 Å². The lowest BCUT2D eigenvalue weighted by Gasteiger charge is -2.35. The number of ether oxygens (including phenoxy) is 2. The van der Waals surface area contributed by atoms with E-state index in [0.29, 0.717) is 25.2 Å². The summed E-state index contributed by atoms with van der Waals surface area (Å²) >= 11 is 0. The molecular formula is C17H27NO3. The molecule has 21 heavy (non-hydrogen) atoms. The molecule has 0 bridgehead atoms. The number of aliphatic hydroxyl groups is 1. The van der Waals surface area contributed by atoms with E-state index in [-0.39, 0.29) is 12.1 Å². The predicted molar refractivity (Wildman–Crippen MR) is 83.5 cm³/mol. The van der Waals surface area contributed by atoms with Crippen LogP contribution < -0.4 is 10.1 Å². The molecule has 0 heterocycles. The fourth-order valence-electron chi connectivity index (χ4n) is 2.81. The van der Waals surface area contributed by atoms with Gasteiger partial charge in [0.25, 0.3) is 0 Å². The maximum Gasteiger partial charge on any atom is 0.119 e. The molecule has 0 radical (unpaired) electrons. The molecule has 1 aromatic rings. The molecule has 0 amide bonds. The Morgan fingerprint density at radius 3 is 2.71 bits per heavy atom. The number of rotatable bonds is 9. The molecule has 1 aliphatic carbocycles. The van der Waals surface area contributed by atoms with Gasteiger partial charge in [-0.3, -0.25) is 0 Å². The summed E-state index contributed by atoms with van der Waals surface area (Å²) in [4.78, 5) is 0. The molecule has 1 saturated carbocycles. The van der Waals surface area contributed by atoms with Crippen molar-refractivity contribution in [3.05, 3.63) is 29.8 Å². The van der Waals surface area contributed by atoms with Crippen LogP contribution in [0.15, 0.2) is 24.3 Å². The number of hydrogen-bond donors (Lipinski definition) is 2. The fourth-order valence-corrected chi connectivity index (χ4v) is 2.81. The van der Waals surface area contributed by atoms with Crippen LogP contribution in [0.25, 0.3) is 0 Å². The summed E-state index contributed by atoms with van der Waals surface area (Å²) in [6, 6.07) is 8.25. The van der Waals surface area contributed by atoms with Crippen LogP contribution in [0.5, 0.6) is 5.75 Å². The van der Waals surface area contributed by atoms with E-state index in [0.717, 1.165) is 24.2 Å². The van der Waals surface area contributed by atoms with E-state index in [1.165, 1.54) is 0 Å². The third-order valence-electron chi connectivity index (χ3n) is 3.92. The van der Waals surface area contributed by atoms with Crippen molar-refractivity contribution in [1.29, 1.82) is 0 Å². The van der Waals surface area contributed by atoms with E-state index in [1.54, 1.807) is 7.11 Å². The molecule has 0 spiro atoms. The van der Waals surface area contributed by atoms with E-state index in [2.05, 4.69) is 19.2 Å². The molecule has 1 unspecified atom stereocenters. The molecule has 2 N–H and O–H groups in total. The monoisotopic (exact) mass is 293 g/mol. The molecule has 4 nitrogen and oxygen atoms in total. The van der Waals surface area contributed by atoms with Crippen molar-refractivity contribution < 1.29 is 14.6 Å². The molecule has 4 heteroatoms. The van der Waals surface area contributed by atoms with Gasteiger partial charge in [-0.05, 0) is 36.5 Å². The first kappa shape index (κ1) is 16.3. The van der Waals surface area contributed by atoms with Gasteiger partial charge in [-0.2, -0.15) is 0 Å². The van der Waals surface area contributed by atoms with Gasteiger partial charge in [-0.15, -0.1) is 0 Å². The summed E-state index contributed by atoms with van der Waals surface area (Å²) in [5.74, 6) is 1.33. The lowest BCUT2D eigenvalue weighted by Crippen LogP contribution is -2.57. The van der Waals surface area contributed by atoms with Crippen LogP contribution in [0.2, 0.25) is 0 Å². The third kappa shape index (κ3) is 4.43. The fraction of sp³-hybridized carbons (Fsp3) is 0.647. The molecule has 0 aliphatic heterocycles. The zero-order chi connectivity index (χ0) is 15.3. The summed E-state index contributed by atoms with van der Waals surface area (Å²) in [6.07, 6.45) is 2.32. The molecular weight excluding hydrogens is 266 g/mol. The average Bonchev–Trinajstić information content (AvgIpc) is 3.29. The van der Waals surface area contributed by atoms with E-state index >= 15 is 0 Å². The highest BCUT2D eigenvalue weighted by Crippen LogP contribution is 2.40. The van der Waals surface area contributed by atoms with Crippen LogP contribution in [0.1, 0.15) is 32.3 Å². The number of benzene rings is 1. The van der Waals surface area contributed by atoms with Gasteiger partial charge in [0.2, 0.25) is 0 Å². The smallest absolute Gasteiger partial charge is 0.119 e. The van der Waals surface area contributed by atoms with Crippen molar-refractivity contribution in [2.75, 3.05) is 20.3 Å². The summed E-state index contributed by atoms with van der Waals surface area (Å²) < 4.78 is 11.1. The van der Waals surface area contributed by atoms with Crippen LogP contribution >= 0.6 is 0 Å². The van der Waals surface area contributed by atoms with Crippen molar-refractivity contribution in [2.24, 2.45) is 5.92 Å². The quantitative estimate of drug-likeness (QED) is 0.734. The molecule has 1 fully saturated rings. The van der Waals surface area contributed by atoms with E-state index in [1.807, 2.05) is 24.3 Å². The minimum atomic E-state index is -0.328. The molecule has 1 atom stereocenters. The topological polar surface area (TPSA) is 50.7 Å². The first-order valence-corrected chi connectivity index (χ1v) is 7.69. The molecule has 0 aromatic heterocycles. The minimum Gasteiger partial charge on any atom is -0.492 e. The van der Waals surface area contributed by atoms with Gasteiger partial charge in [-0.25, -0.2) is 0 Å². The summed E-state index contributed by atoms with van der Waals surface area (Å²) in [5.41, 5.74) is 0.763. The SMILES string of the molecule is COCc1cccc(OCC(CO)(NC(C)C)C2CC2)c1. The Kier molecular flexibility index (Phi) is 5.62. The number of methoxy groups -OCH3 is 1. The number of aliphatic hydroxyl groups excluding tert-OH is 1. The van der Waals surface area contributed by atoms with Crippen molar-refractivity contribution in [2.45, 2.75) is 44.9 Å². The molecule has 118 valence electrons. The summed E-state index contributed by atoms with van der Waals surface area (Å²) in [7, 11) is 1.68. The molecule has 2 rings (SSSR count). The van der Waals surface area contributed by atoms with Gasteiger partial charge in [0.15, 0.2) is 0 Å². The zero-order valence-electron chi connectivity index (χ0n) is 13.3. The first-order valence-electron chi connectivity index (χ1n) is 7.69. The average molecular weight is 293 g/mol. The van der Waals surface area contributed by atoms with Crippen LogP contribution in [-0.4, -0.2) is 37.0 Å². The Labute approximate surface area is 127 Å². The minimum absolute atomic E-state index is 0.105. The van der Waals surface area contributed by atoms with Gasteiger partial charge >= 0.3 is 0 Å². The zero-order valence-corrected chi connectivity index (χ0v) is 13.3. The second-order valence-corrected chi connectivity index (χ2v) is 6.26. The highest BCUT2D eigenvalue weighted by Gasteiger charge is 2.45. The summed E-state index contributed by atoms with van der Waals surface area (Å²) in [6.45, 7) is 5.38. The lowest BCUT2D eigenvalue weighted by atomic mass is 9.94. The van der Waals surface area contributed by atoms with Crippen LogP contribution in [-0.2, 0) is 11.3 Å². The second kappa shape index (κ2) is 7.25. The van der Waals surface area contributed by atoms with E-state index < -0.39 is 0 Å². The Morgan fingerprint density at radius 1 is 1.38 bits per heavy atom. The third-order valence-corrected chi connectivity index (χ3v) is 3.92. The Morgan fingerprint density at radius 2 is 2.14 bits per heavy atom.